The molecular formula is C28H32BrF2N5O3. The largest absolute Gasteiger partial charge is 0.444 e. The summed E-state index contributed by atoms with van der Waals surface area (Å²) in [5.41, 5.74) is 0.778. The van der Waals surface area contributed by atoms with Crippen LogP contribution in [-0.4, -0.2) is 50.1 Å². The number of aromatic nitrogens is 3. The van der Waals surface area contributed by atoms with Crippen LogP contribution in [0.15, 0.2) is 53.1 Å². The Morgan fingerprint density at radius 3 is 2.62 bits per heavy atom. The van der Waals surface area contributed by atoms with Crippen molar-refractivity contribution in [3.8, 4) is 5.69 Å². The van der Waals surface area contributed by atoms with Crippen LogP contribution in [0.3, 0.4) is 0 Å². The SMILES string of the molecule is CC1CC(c2cn(-c3c(F)cccc3Br)nn2)CCN1C(=O)CC(NC(=O)OC(C)(C)C)c1cccc(F)c1. The number of rotatable bonds is 6. The molecule has 0 radical (unpaired) electrons. The number of benzene rings is 2. The average Bonchev–Trinajstić information content (AvgIpc) is 3.32. The molecule has 3 unspecified atom stereocenters. The lowest BCUT2D eigenvalue weighted by Gasteiger charge is -2.38. The van der Waals surface area contributed by atoms with Crippen LogP contribution in [-0.2, 0) is 9.53 Å². The van der Waals surface area contributed by atoms with Crippen LogP contribution < -0.4 is 5.32 Å². The van der Waals surface area contributed by atoms with E-state index in [0.29, 0.717) is 29.4 Å². The van der Waals surface area contributed by atoms with E-state index < -0.39 is 29.4 Å². The van der Waals surface area contributed by atoms with Crippen LogP contribution in [0.4, 0.5) is 13.6 Å². The first-order valence-corrected chi connectivity index (χ1v) is 13.6. The Morgan fingerprint density at radius 2 is 1.95 bits per heavy atom. The van der Waals surface area contributed by atoms with Gasteiger partial charge in [-0.3, -0.25) is 4.79 Å². The molecule has 1 N–H and O–H groups in total. The van der Waals surface area contributed by atoms with Gasteiger partial charge in [0, 0.05) is 23.0 Å². The molecule has 39 heavy (non-hydrogen) atoms. The number of nitrogens with zero attached hydrogens (tertiary/aromatic N) is 4. The summed E-state index contributed by atoms with van der Waals surface area (Å²) in [4.78, 5) is 27.7. The Bertz CT molecular complexity index is 1320. The van der Waals surface area contributed by atoms with Crippen molar-refractivity contribution in [1.82, 2.24) is 25.2 Å². The molecule has 11 heteroatoms. The fourth-order valence-electron chi connectivity index (χ4n) is 4.81. The number of para-hydroxylation sites is 1. The number of nitrogens with one attached hydrogen (secondary N) is 1. The van der Waals surface area contributed by atoms with Crippen molar-refractivity contribution in [1.29, 1.82) is 0 Å². The van der Waals surface area contributed by atoms with Gasteiger partial charge in [0.25, 0.3) is 0 Å². The van der Waals surface area contributed by atoms with Crippen LogP contribution in [0.1, 0.15) is 70.2 Å². The smallest absolute Gasteiger partial charge is 0.408 e. The summed E-state index contributed by atoms with van der Waals surface area (Å²) < 4.78 is 35.7. The molecule has 0 spiro atoms. The number of ether oxygens (including phenoxy) is 1. The summed E-state index contributed by atoms with van der Waals surface area (Å²) in [6, 6.07) is 9.67. The average molecular weight is 604 g/mol. The van der Waals surface area contributed by atoms with Gasteiger partial charge in [0.1, 0.15) is 22.9 Å². The van der Waals surface area contributed by atoms with Crippen molar-refractivity contribution in [2.45, 2.75) is 70.6 Å². The summed E-state index contributed by atoms with van der Waals surface area (Å²) in [7, 11) is 0. The standard InChI is InChI=1S/C28H32BrF2N5O3/c1-17-13-19(24-16-36(34-33-24)26-21(29)9-6-10-22(26)31)11-12-35(17)25(37)15-23(18-7-5-8-20(30)14-18)32-27(38)39-28(2,3)4/h5-10,14,16-17,19,23H,11-13,15H2,1-4H3,(H,32,38). The fraction of sp³-hybridized carbons (Fsp3) is 0.429. The lowest BCUT2D eigenvalue weighted by molar-refractivity contribution is -0.135. The van der Waals surface area contributed by atoms with Gasteiger partial charge in [0.15, 0.2) is 0 Å². The number of carbonyl (C=O) groups excluding carboxylic acids is 2. The van der Waals surface area contributed by atoms with E-state index in [4.69, 9.17) is 4.74 Å². The zero-order valence-corrected chi connectivity index (χ0v) is 23.9. The molecular weight excluding hydrogens is 572 g/mol. The highest BCUT2D eigenvalue weighted by Crippen LogP contribution is 2.33. The molecule has 1 aromatic heterocycles. The number of amides is 2. The highest BCUT2D eigenvalue weighted by molar-refractivity contribution is 9.10. The van der Waals surface area contributed by atoms with E-state index >= 15 is 0 Å². The predicted octanol–water partition coefficient (Wildman–Crippen LogP) is 6.06. The Morgan fingerprint density at radius 1 is 1.21 bits per heavy atom. The summed E-state index contributed by atoms with van der Waals surface area (Å²) in [5, 5.41) is 11.1. The van der Waals surface area contributed by atoms with E-state index in [2.05, 4.69) is 31.6 Å². The second kappa shape index (κ2) is 11.8. The predicted molar refractivity (Wildman–Crippen MR) is 145 cm³/mol. The van der Waals surface area contributed by atoms with Crippen molar-refractivity contribution >= 4 is 27.9 Å². The van der Waals surface area contributed by atoms with E-state index in [1.165, 1.54) is 22.9 Å². The van der Waals surface area contributed by atoms with E-state index in [0.717, 1.165) is 5.69 Å². The molecule has 1 aliphatic heterocycles. The van der Waals surface area contributed by atoms with Crippen LogP contribution in [0.2, 0.25) is 0 Å². The van der Waals surface area contributed by atoms with Crippen molar-refractivity contribution in [3.63, 3.8) is 0 Å². The maximum Gasteiger partial charge on any atom is 0.408 e. The molecule has 1 aliphatic rings. The van der Waals surface area contributed by atoms with Crippen LogP contribution in [0.5, 0.6) is 0 Å². The number of likely N-dealkylation sites (tertiary alicyclic amines) is 1. The number of alkyl carbamates (subject to hydrolysis) is 1. The quantitative estimate of drug-likeness (QED) is 0.370. The van der Waals surface area contributed by atoms with Crippen molar-refractivity contribution in [2.75, 3.05) is 6.54 Å². The van der Waals surface area contributed by atoms with Crippen molar-refractivity contribution in [2.24, 2.45) is 0 Å². The van der Waals surface area contributed by atoms with Crippen molar-refractivity contribution < 1.29 is 23.1 Å². The summed E-state index contributed by atoms with van der Waals surface area (Å²) >= 11 is 3.36. The zero-order valence-electron chi connectivity index (χ0n) is 22.3. The lowest BCUT2D eigenvalue weighted by atomic mass is 9.89. The van der Waals surface area contributed by atoms with Gasteiger partial charge in [-0.15, -0.1) is 5.10 Å². The zero-order chi connectivity index (χ0) is 28.3. The first-order chi connectivity index (χ1) is 18.4. The van der Waals surface area contributed by atoms with Crippen LogP contribution >= 0.6 is 15.9 Å². The van der Waals surface area contributed by atoms with Gasteiger partial charge in [-0.1, -0.05) is 23.4 Å². The summed E-state index contributed by atoms with van der Waals surface area (Å²) in [6.07, 6.45) is 2.29. The Hall–Kier alpha value is -3.34. The Balaban J connectivity index is 1.44. The van der Waals surface area contributed by atoms with E-state index in [9.17, 15) is 18.4 Å². The number of piperidine rings is 1. The van der Waals surface area contributed by atoms with E-state index in [1.807, 2.05) is 6.92 Å². The molecule has 0 aliphatic carbocycles. The molecule has 2 aromatic carbocycles. The molecule has 1 saturated heterocycles. The van der Waals surface area contributed by atoms with Gasteiger partial charge in [0.05, 0.1) is 24.4 Å². The third-order valence-electron chi connectivity index (χ3n) is 6.61. The minimum Gasteiger partial charge on any atom is -0.444 e. The van der Waals surface area contributed by atoms with Gasteiger partial charge < -0.3 is 15.0 Å². The first-order valence-electron chi connectivity index (χ1n) is 12.8. The second-order valence-electron chi connectivity index (χ2n) is 10.8. The minimum absolute atomic E-state index is 0.0438. The third kappa shape index (κ3) is 7.20. The number of hydrogen-bond acceptors (Lipinski definition) is 5. The molecule has 3 atom stereocenters. The van der Waals surface area contributed by atoms with Crippen molar-refractivity contribution in [3.05, 3.63) is 76.0 Å². The highest BCUT2D eigenvalue weighted by atomic mass is 79.9. The van der Waals surface area contributed by atoms with Gasteiger partial charge in [0.2, 0.25) is 5.91 Å². The number of halogens is 3. The summed E-state index contributed by atoms with van der Waals surface area (Å²) in [5.74, 6) is -0.990. The third-order valence-corrected chi connectivity index (χ3v) is 7.25. The topological polar surface area (TPSA) is 89.4 Å². The molecule has 208 valence electrons. The molecule has 4 rings (SSSR count). The summed E-state index contributed by atoms with van der Waals surface area (Å²) in [6.45, 7) is 7.67. The van der Waals surface area contributed by atoms with Gasteiger partial charge in [-0.05, 0) is 86.3 Å². The van der Waals surface area contributed by atoms with Gasteiger partial charge in [-0.2, -0.15) is 0 Å². The molecule has 0 saturated carbocycles. The maximum atomic E-state index is 14.4. The molecule has 3 aromatic rings. The van der Waals surface area contributed by atoms with E-state index in [1.54, 1.807) is 56.1 Å². The Labute approximate surface area is 234 Å². The van der Waals surface area contributed by atoms with Crippen LogP contribution in [0, 0.1) is 11.6 Å². The molecule has 2 amide bonds. The maximum absolute atomic E-state index is 14.4. The van der Waals surface area contributed by atoms with E-state index in [-0.39, 0.29) is 30.0 Å². The Kier molecular flexibility index (Phi) is 8.68. The van der Waals surface area contributed by atoms with Gasteiger partial charge >= 0.3 is 6.09 Å². The molecule has 8 nitrogen and oxygen atoms in total. The molecule has 0 bridgehead atoms. The normalized spacial score (nSPS) is 18.5. The number of hydrogen-bond donors (Lipinski definition) is 1. The lowest BCUT2D eigenvalue weighted by Crippen LogP contribution is -2.46. The van der Waals surface area contributed by atoms with Gasteiger partial charge in [-0.25, -0.2) is 18.3 Å². The molecule has 1 fully saturated rings. The fourth-order valence-corrected chi connectivity index (χ4v) is 5.33. The second-order valence-corrected chi connectivity index (χ2v) is 11.6. The monoisotopic (exact) mass is 603 g/mol. The number of carbonyl (C=O) groups is 2. The minimum atomic E-state index is -0.757. The van der Waals surface area contributed by atoms with Crippen LogP contribution in [0.25, 0.3) is 5.69 Å². The highest BCUT2D eigenvalue weighted by Gasteiger charge is 2.33. The first kappa shape index (κ1) is 28.7. The molecule has 2 heterocycles.